The number of nitrogens with zero attached hydrogens (tertiary/aromatic N) is 6. The van der Waals surface area contributed by atoms with Crippen molar-refractivity contribution >= 4 is 27.2 Å². The number of hydrogen-bond acceptors (Lipinski definition) is 9. The lowest BCUT2D eigenvalue weighted by molar-refractivity contribution is 0.0398. The molecular weight excluding hydrogens is 424 g/mol. The van der Waals surface area contributed by atoms with Crippen molar-refractivity contribution in [3.8, 4) is 11.3 Å². The van der Waals surface area contributed by atoms with Gasteiger partial charge in [0.2, 0.25) is 10.1 Å². The third-order valence-corrected chi connectivity index (χ3v) is 6.25. The lowest BCUT2D eigenvalue weighted by Gasteiger charge is -2.26. The van der Waals surface area contributed by atoms with Gasteiger partial charge in [-0.2, -0.15) is 0 Å². The van der Waals surface area contributed by atoms with Crippen molar-refractivity contribution in [1.29, 1.82) is 0 Å². The minimum atomic E-state index is 0.773. The second kappa shape index (κ2) is 10.0. The van der Waals surface area contributed by atoms with Crippen LogP contribution in [-0.2, 0) is 11.2 Å². The summed E-state index contributed by atoms with van der Waals surface area (Å²) in [6.45, 7) is 6.27. The molecule has 1 aliphatic rings. The molecule has 0 radical (unpaired) electrons. The second-order valence-electron chi connectivity index (χ2n) is 7.56. The highest BCUT2D eigenvalue weighted by Crippen LogP contribution is 2.26. The van der Waals surface area contributed by atoms with Crippen LogP contribution in [0.5, 0.6) is 0 Å². The lowest BCUT2D eigenvalue weighted by Crippen LogP contribution is -2.39. The number of morpholine rings is 1. The van der Waals surface area contributed by atoms with Crippen LogP contribution in [0, 0.1) is 0 Å². The number of anilines is 2. The van der Waals surface area contributed by atoms with Crippen molar-refractivity contribution < 1.29 is 4.74 Å². The second-order valence-corrected chi connectivity index (χ2v) is 8.51. The maximum atomic E-state index is 5.39. The highest BCUT2D eigenvalue weighted by Gasteiger charge is 2.13. The van der Waals surface area contributed by atoms with Crippen LogP contribution < -0.4 is 10.6 Å². The van der Waals surface area contributed by atoms with E-state index in [1.807, 2.05) is 47.4 Å². The number of rotatable bonds is 9. The van der Waals surface area contributed by atoms with Gasteiger partial charge in [0.1, 0.15) is 5.82 Å². The molecule has 0 spiro atoms. The Kier molecular flexibility index (Phi) is 6.52. The van der Waals surface area contributed by atoms with Crippen molar-refractivity contribution in [2.75, 3.05) is 56.6 Å². The molecule has 1 fully saturated rings. The third kappa shape index (κ3) is 5.04. The molecule has 0 aromatic carbocycles. The molecule has 5 heterocycles. The first-order valence-electron chi connectivity index (χ1n) is 10.8. The van der Waals surface area contributed by atoms with E-state index in [4.69, 9.17) is 4.74 Å². The van der Waals surface area contributed by atoms with E-state index in [1.54, 1.807) is 0 Å². The summed E-state index contributed by atoms with van der Waals surface area (Å²) in [5.41, 5.74) is 2.98. The molecule has 4 aromatic rings. The van der Waals surface area contributed by atoms with Gasteiger partial charge in [0.15, 0.2) is 0 Å². The van der Waals surface area contributed by atoms with Crippen molar-refractivity contribution in [2.24, 2.45) is 0 Å². The fourth-order valence-corrected chi connectivity index (χ4v) is 4.42. The van der Waals surface area contributed by atoms with Gasteiger partial charge in [-0.05, 0) is 24.3 Å². The Morgan fingerprint density at radius 2 is 1.91 bits per heavy atom. The Hall–Kier alpha value is -3.08. The summed E-state index contributed by atoms with van der Waals surface area (Å²) in [6.07, 6.45) is 6.38. The molecule has 4 aromatic heterocycles. The molecule has 9 nitrogen and oxygen atoms in total. The van der Waals surface area contributed by atoms with Gasteiger partial charge in [-0.1, -0.05) is 17.4 Å². The van der Waals surface area contributed by atoms with E-state index in [0.717, 1.165) is 85.2 Å². The van der Waals surface area contributed by atoms with Gasteiger partial charge < -0.3 is 15.4 Å². The molecule has 0 amide bonds. The van der Waals surface area contributed by atoms with Gasteiger partial charge in [-0.15, -0.1) is 5.10 Å². The molecule has 0 atom stereocenters. The maximum absolute atomic E-state index is 5.39. The van der Waals surface area contributed by atoms with Gasteiger partial charge in [-0.3, -0.25) is 9.88 Å². The zero-order chi connectivity index (χ0) is 21.6. The molecule has 166 valence electrons. The summed E-state index contributed by atoms with van der Waals surface area (Å²) in [6, 6.07) is 10.0. The molecular formula is C22H26N8OS. The van der Waals surface area contributed by atoms with Crippen molar-refractivity contribution in [1.82, 2.24) is 29.5 Å². The summed E-state index contributed by atoms with van der Waals surface area (Å²) < 4.78 is 7.26. The Morgan fingerprint density at radius 3 is 2.72 bits per heavy atom. The van der Waals surface area contributed by atoms with Crippen molar-refractivity contribution in [2.45, 2.75) is 6.42 Å². The normalized spacial score (nSPS) is 14.6. The van der Waals surface area contributed by atoms with Crippen LogP contribution in [0.1, 0.15) is 5.69 Å². The monoisotopic (exact) mass is 450 g/mol. The van der Waals surface area contributed by atoms with E-state index in [1.165, 1.54) is 11.3 Å². The first-order chi connectivity index (χ1) is 15.8. The number of nitrogens with one attached hydrogen (secondary N) is 2. The standard InChI is InChI=1S/C22H26N8OS/c1-2-7-23-18(3-1)6-8-25-21-28-30-19(16-27-22(30)32-21)17-4-5-20(26-15-17)24-9-10-29-11-13-31-14-12-29/h1-5,7,15-16H,6,8-14H2,(H,24,26)(H,25,28). The van der Waals surface area contributed by atoms with Gasteiger partial charge in [-0.25, -0.2) is 14.5 Å². The molecule has 2 N–H and O–H groups in total. The fourth-order valence-electron chi connectivity index (χ4n) is 3.62. The smallest absolute Gasteiger partial charge is 0.214 e. The fraction of sp³-hybridized carbons (Fsp3) is 0.364. The zero-order valence-corrected chi connectivity index (χ0v) is 18.6. The minimum Gasteiger partial charge on any atom is -0.379 e. The number of ether oxygens (including phenoxy) is 1. The number of aromatic nitrogens is 5. The average Bonchev–Trinajstić information content (AvgIpc) is 3.42. The highest BCUT2D eigenvalue weighted by atomic mass is 32.1. The quantitative estimate of drug-likeness (QED) is 0.402. The predicted octanol–water partition coefficient (Wildman–Crippen LogP) is 2.65. The number of imidazole rings is 1. The lowest BCUT2D eigenvalue weighted by atomic mass is 10.2. The molecule has 5 rings (SSSR count). The van der Waals surface area contributed by atoms with Crippen molar-refractivity contribution in [3.05, 3.63) is 54.6 Å². The van der Waals surface area contributed by atoms with Crippen molar-refractivity contribution in [3.63, 3.8) is 0 Å². The van der Waals surface area contributed by atoms with E-state index < -0.39 is 0 Å². The maximum Gasteiger partial charge on any atom is 0.214 e. The van der Waals surface area contributed by atoms with Crippen LogP contribution in [0.15, 0.2) is 48.9 Å². The topological polar surface area (TPSA) is 92.5 Å². The van der Waals surface area contributed by atoms with E-state index in [0.29, 0.717) is 0 Å². The molecule has 10 heteroatoms. The summed E-state index contributed by atoms with van der Waals surface area (Å²) in [7, 11) is 0. The van der Waals surface area contributed by atoms with E-state index in [9.17, 15) is 0 Å². The van der Waals surface area contributed by atoms with Gasteiger partial charge in [0.05, 0.1) is 25.1 Å². The summed E-state index contributed by atoms with van der Waals surface area (Å²) >= 11 is 1.54. The first-order valence-corrected chi connectivity index (χ1v) is 11.7. The SMILES string of the molecule is c1ccc(CCNc2nn3c(-c4ccc(NCCN5CCOCC5)nc4)cnc3s2)nc1. The summed E-state index contributed by atoms with van der Waals surface area (Å²) in [4.78, 5) is 16.7. The number of hydrogen-bond donors (Lipinski definition) is 2. The third-order valence-electron chi connectivity index (χ3n) is 5.37. The Bertz CT molecular complexity index is 1120. The average molecular weight is 451 g/mol. The summed E-state index contributed by atoms with van der Waals surface area (Å²) in [5.74, 6) is 0.873. The number of fused-ring (bicyclic) bond motifs is 1. The predicted molar refractivity (Wildman–Crippen MR) is 126 cm³/mol. The van der Waals surface area contributed by atoms with E-state index >= 15 is 0 Å². The molecule has 0 unspecified atom stereocenters. The first kappa shape index (κ1) is 20.8. The Balaban J connectivity index is 1.17. The van der Waals surface area contributed by atoms with Gasteiger partial charge >= 0.3 is 0 Å². The van der Waals surface area contributed by atoms with Crippen LogP contribution >= 0.6 is 11.3 Å². The molecule has 1 aliphatic heterocycles. The molecule has 0 aliphatic carbocycles. The van der Waals surface area contributed by atoms with Gasteiger partial charge in [0.25, 0.3) is 0 Å². The highest BCUT2D eigenvalue weighted by molar-refractivity contribution is 7.20. The molecule has 1 saturated heterocycles. The Morgan fingerprint density at radius 1 is 0.969 bits per heavy atom. The van der Waals surface area contributed by atoms with E-state index in [2.05, 4.69) is 41.7 Å². The van der Waals surface area contributed by atoms with Crippen LogP contribution in [0.4, 0.5) is 10.9 Å². The van der Waals surface area contributed by atoms with Crippen LogP contribution in [0.25, 0.3) is 16.2 Å². The molecule has 0 bridgehead atoms. The largest absolute Gasteiger partial charge is 0.379 e. The van der Waals surface area contributed by atoms with Gasteiger partial charge in [0, 0.05) is 62.8 Å². The number of pyridine rings is 2. The van der Waals surface area contributed by atoms with E-state index in [-0.39, 0.29) is 0 Å². The molecule has 32 heavy (non-hydrogen) atoms. The van der Waals surface area contributed by atoms with Crippen LogP contribution in [0.3, 0.4) is 0 Å². The molecule has 0 saturated carbocycles. The summed E-state index contributed by atoms with van der Waals surface area (Å²) in [5, 5.41) is 12.3. The Labute approximate surface area is 190 Å². The zero-order valence-electron chi connectivity index (χ0n) is 17.8. The minimum absolute atomic E-state index is 0.773. The van der Waals surface area contributed by atoms with Crippen LogP contribution in [0.2, 0.25) is 0 Å². The van der Waals surface area contributed by atoms with Crippen LogP contribution in [-0.4, -0.2) is 75.4 Å².